The molecule has 20 heavy (non-hydrogen) atoms. The smallest absolute Gasteiger partial charge is 0.150 e. The van der Waals surface area contributed by atoms with Gasteiger partial charge in [0.25, 0.3) is 0 Å². The molecule has 4 heteroatoms. The van der Waals surface area contributed by atoms with Crippen molar-refractivity contribution in [2.45, 2.75) is 26.0 Å². The minimum Gasteiger partial charge on any atom is -0.393 e. The molecular weight excluding hydrogens is 250 g/mol. The standard InChI is InChI=1S/C16H21N3O/c1-13-11-18(9-7-15(13)20)16-8-10-19(17-16)12-14-5-3-2-4-6-14/h2-6,8,10,13,15,20H,7,9,11-12H2,1H3. The zero-order valence-electron chi connectivity index (χ0n) is 11.8. The molecule has 2 unspecified atom stereocenters. The first-order chi connectivity index (χ1) is 9.72. The minimum atomic E-state index is -0.169. The van der Waals surface area contributed by atoms with Gasteiger partial charge in [0.1, 0.15) is 0 Å². The van der Waals surface area contributed by atoms with E-state index < -0.39 is 0 Å². The van der Waals surface area contributed by atoms with Crippen LogP contribution in [0, 0.1) is 5.92 Å². The summed E-state index contributed by atoms with van der Waals surface area (Å²) in [6.45, 7) is 4.65. The SMILES string of the molecule is CC1CN(c2ccn(Cc3ccccc3)n2)CCC1O. The first-order valence-corrected chi connectivity index (χ1v) is 7.23. The van der Waals surface area contributed by atoms with Crippen LogP contribution in [0.15, 0.2) is 42.6 Å². The van der Waals surface area contributed by atoms with Crippen molar-refractivity contribution in [1.29, 1.82) is 0 Å². The number of anilines is 1. The van der Waals surface area contributed by atoms with Gasteiger partial charge < -0.3 is 10.0 Å². The zero-order valence-corrected chi connectivity index (χ0v) is 11.8. The van der Waals surface area contributed by atoms with Gasteiger partial charge in [0.2, 0.25) is 0 Å². The highest BCUT2D eigenvalue weighted by Gasteiger charge is 2.25. The number of hydrogen-bond donors (Lipinski definition) is 1. The maximum atomic E-state index is 9.79. The lowest BCUT2D eigenvalue weighted by Gasteiger charge is -2.34. The lowest BCUT2D eigenvalue weighted by Crippen LogP contribution is -2.42. The molecule has 1 aromatic heterocycles. The summed E-state index contributed by atoms with van der Waals surface area (Å²) in [7, 11) is 0. The van der Waals surface area contributed by atoms with Crippen LogP contribution < -0.4 is 4.90 Å². The highest BCUT2D eigenvalue weighted by molar-refractivity contribution is 5.37. The summed E-state index contributed by atoms with van der Waals surface area (Å²) in [5, 5.41) is 14.4. The number of aliphatic hydroxyl groups is 1. The van der Waals surface area contributed by atoms with Gasteiger partial charge >= 0.3 is 0 Å². The number of aliphatic hydroxyl groups excluding tert-OH is 1. The number of rotatable bonds is 3. The van der Waals surface area contributed by atoms with E-state index in [9.17, 15) is 5.11 Å². The van der Waals surface area contributed by atoms with Gasteiger partial charge in [-0.25, -0.2) is 0 Å². The molecule has 1 fully saturated rings. The highest BCUT2D eigenvalue weighted by atomic mass is 16.3. The van der Waals surface area contributed by atoms with E-state index in [0.29, 0.717) is 5.92 Å². The molecule has 1 aliphatic rings. The molecule has 0 amide bonds. The lowest BCUT2D eigenvalue weighted by atomic mass is 9.97. The summed E-state index contributed by atoms with van der Waals surface area (Å²) in [5.74, 6) is 1.32. The summed E-state index contributed by atoms with van der Waals surface area (Å²) in [6.07, 6.45) is 2.68. The number of nitrogens with zero attached hydrogens (tertiary/aromatic N) is 3. The predicted octanol–water partition coefficient (Wildman–Crippen LogP) is 2.14. The fraction of sp³-hybridized carbons (Fsp3) is 0.438. The Balaban J connectivity index is 1.68. The van der Waals surface area contributed by atoms with Gasteiger partial charge in [-0.3, -0.25) is 4.68 Å². The average Bonchev–Trinajstić information content (AvgIpc) is 2.91. The summed E-state index contributed by atoms with van der Waals surface area (Å²) >= 11 is 0. The van der Waals surface area contributed by atoms with E-state index in [1.807, 2.05) is 29.1 Å². The molecule has 0 spiro atoms. The van der Waals surface area contributed by atoms with Gasteiger partial charge in [-0.05, 0) is 17.9 Å². The quantitative estimate of drug-likeness (QED) is 0.930. The van der Waals surface area contributed by atoms with Crippen LogP contribution in [0.1, 0.15) is 18.9 Å². The van der Waals surface area contributed by atoms with Gasteiger partial charge in [0.15, 0.2) is 5.82 Å². The molecule has 4 nitrogen and oxygen atoms in total. The first kappa shape index (κ1) is 13.2. The Morgan fingerprint density at radius 3 is 2.80 bits per heavy atom. The molecule has 1 aliphatic heterocycles. The van der Waals surface area contributed by atoms with Crippen LogP contribution in [0.5, 0.6) is 0 Å². The Morgan fingerprint density at radius 1 is 1.25 bits per heavy atom. The normalized spacial score (nSPS) is 23.0. The van der Waals surface area contributed by atoms with E-state index in [2.05, 4.69) is 35.1 Å². The Kier molecular flexibility index (Phi) is 3.74. The molecule has 2 heterocycles. The monoisotopic (exact) mass is 271 g/mol. The van der Waals surface area contributed by atoms with Crippen LogP contribution >= 0.6 is 0 Å². The average molecular weight is 271 g/mol. The molecule has 106 valence electrons. The largest absolute Gasteiger partial charge is 0.393 e. The Labute approximate surface area is 119 Å². The van der Waals surface area contributed by atoms with Crippen molar-refractivity contribution in [3.8, 4) is 0 Å². The topological polar surface area (TPSA) is 41.3 Å². The third-order valence-electron chi connectivity index (χ3n) is 4.00. The van der Waals surface area contributed by atoms with Crippen molar-refractivity contribution < 1.29 is 5.11 Å². The molecular formula is C16H21N3O. The van der Waals surface area contributed by atoms with Crippen LogP contribution in [-0.4, -0.2) is 34.1 Å². The first-order valence-electron chi connectivity index (χ1n) is 7.23. The molecule has 2 atom stereocenters. The second-order valence-corrected chi connectivity index (χ2v) is 5.64. The summed E-state index contributed by atoms with van der Waals surface area (Å²) in [4.78, 5) is 2.26. The van der Waals surface area contributed by atoms with E-state index in [1.54, 1.807) is 0 Å². The van der Waals surface area contributed by atoms with E-state index in [-0.39, 0.29) is 6.10 Å². The van der Waals surface area contributed by atoms with Crippen molar-refractivity contribution in [2.24, 2.45) is 5.92 Å². The van der Waals surface area contributed by atoms with Crippen LogP contribution in [0.2, 0.25) is 0 Å². The van der Waals surface area contributed by atoms with Crippen molar-refractivity contribution in [3.63, 3.8) is 0 Å². The van der Waals surface area contributed by atoms with Crippen molar-refractivity contribution in [2.75, 3.05) is 18.0 Å². The van der Waals surface area contributed by atoms with Gasteiger partial charge in [-0.2, -0.15) is 5.10 Å². The van der Waals surface area contributed by atoms with Crippen LogP contribution in [0.25, 0.3) is 0 Å². The van der Waals surface area contributed by atoms with Crippen molar-refractivity contribution in [3.05, 3.63) is 48.2 Å². The van der Waals surface area contributed by atoms with Gasteiger partial charge in [0.05, 0.1) is 12.6 Å². The zero-order chi connectivity index (χ0) is 13.9. The number of benzene rings is 1. The third kappa shape index (κ3) is 2.85. The van der Waals surface area contributed by atoms with Crippen molar-refractivity contribution in [1.82, 2.24) is 9.78 Å². The van der Waals surface area contributed by atoms with Crippen molar-refractivity contribution >= 4 is 5.82 Å². The second-order valence-electron chi connectivity index (χ2n) is 5.64. The molecule has 1 saturated heterocycles. The Morgan fingerprint density at radius 2 is 2.05 bits per heavy atom. The maximum Gasteiger partial charge on any atom is 0.150 e. The number of piperidine rings is 1. The molecule has 0 aliphatic carbocycles. The van der Waals surface area contributed by atoms with Gasteiger partial charge in [-0.15, -0.1) is 0 Å². The summed E-state index contributed by atoms with van der Waals surface area (Å²) in [5.41, 5.74) is 1.25. The van der Waals surface area contributed by atoms with E-state index in [4.69, 9.17) is 0 Å². The summed E-state index contributed by atoms with van der Waals surface area (Å²) < 4.78 is 1.97. The molecule has 0 radical (unpaired) electrons. The fourth-order valence-corrected chi connectivity index (χ4v) is 2.72. The molecule has 1 N–H and O–H groups in total. The Bertz CT molecular complexity index is 552. The molecule has 3 rings (SSSR count). The number of hydrogen-bond acceptors (Lipinski definition) is 3. The molecule has 2 aromatic rings. The fourth-order valence-electron chi connectivity index (χ4n) is 2.72. The van der Waals surface area contributed by atoms with E-state index >= 15 is 0 Å². The lowest BCUT2D eigenvalue weighted by molar-refractivity contribution is 0.0968. The van der Waals surface area contributed by atoms with E-state index in [1.165, 1.54) is 5.56 Å². The van der Waals surface area contributed by atoms with Crippen LogP contribution in [0.4, 0.5) is 5.82 Å². The molecule has 0 bridgehead atoms. The van der Waals surface area contributed by atoms with E-state index in [0.717, 1.165) is 31.9 Å². The maximum absolute atomic E-state index is 9.79. The van der Waals surface area contributed by atoms with Crippen LogP contribution in [0.3, 0.4) is 0 Å². The molecule has 0 saturated carbocycles. The summed E-state index contributed by atoms with van der Waals surface area (Å²) in [6, 6.07) is 12.4. The highest BCUT2D eigenvalue weighted by Crippen LogP contribution is 2.21. The van der Waals surface area contributed by atoms with Gasteiger partial charge in [0, 0.05) is 25.4 Å². The third-order valence-corrected chi connectivity index (χ3v) is 4.00. The van der Waals surface area contributed by atoms with Crippen LogP contribution in [-0.2, 0) is 6.54 Å². The second kappa shape index (κ2) is 5.67. The molecule has 1 aromatic carbocycles. The van der Waals surface area contributed by atoms with Gasteiger partial charge in [-0.1, -0.05) is 37.3 Å². The predicted molar refractivity (Wildman–Crippen MR) is 79.8 cm³/mol. The minimum absolute atomic E-state index is 0.169. The Hall–Kier alpha value is -1.81. The number of aromatic nitrogens is 2.